The minimum atomic E-state index is -0.518. The van der Waals surface area contributed by atoms with Crippen molar-refractivity contribution < 1.29 is 14.6 Å². The molecule has 2 aromatic carbocycles. The van der Waals surface area contributed by atoms with Crippen LogP contribution in [0.4, 0.5) is 5.69 Å². The molecule has 1 saturated carbocycles. The van der Waals surface area contributed by atoms with E-state index in [1.807, 2.05) is 38.1 Å². The van der Waals surface area contributed by atoms with E-state index in [2.05, 4.69) is 30.6 Å². The molecule has 1 amide bonds. The molecular weight excluding hydrogens is 450 g/mol. The normalized spacial score (nSPS) is 22.9. The predicted molar refractivity (Wildman–Crippen MR) is 135 cm³/mol. The monoisotopic (exact) mass is 483 g/mol. The van der Waals surface area contributed by atoms with Crippen LogP contribution in [0.5, 0.6) is 5.75 Å². The van der Waals surface area contributed by atoms with Gasteiger partial charge in [0.1, 0.15) is 17.4 Å². The summed E-state index contributed by atoms with van der Waals surface area (Å²) >= 11 is 6.17. The quantitative estimate of drug-likeness (QED) is 0.385. The second kappa shape index (κ2) is 10.2. The van der Waals surface area contributed by atoms with E-state index >= 15 is 0 Å². The van der Waals surface area contributed by atoms with Gasteiger partial charge in [0.05, 0.1) is 16.1 Å². The smallest absolute Gasteiger partial charge is 0.251 e. The van der Waals surface area contributed by atoms with Crippen molar-refractivity contribution in [1.29, 1.82) is 5.26 Å². The van der Waals surface area contributed by atoms with Crippen molar-refractivity contribution in [3.63, 3.8) is 0 Å². The van der Waals surface area contributed by atoms with E-state index in [0.29, 0.717) is 28.3 Å². The molecular formula is C27H34ClN3O3. The van der Waals surface area contributed by atoms with Crippen molar-refractivity contribution in [2.45, 2.75) is 64.5 Å². The second-order valence-electron chi connectivity index (χ2n) is 9.96. The molecule has 1 fully saturated rings. The minimum Gasteiger partial charge on any atom is -0.487 e. The molecule has 0 bridgehead atoms. The third-order valence-corrected chi connectivity index (χ3v) is 7.81. The maximum Gasteiger partial charge on any atom is 0.251 e. The topological polar surface area (TPSA) is 94.4 Å². The zero-order valence-electron chi connectivity index (χ0n) is 20.4. The highest BCUT2D eigenvalue weighted by molar-refractivity contribution is 6.31. The number of carbonyl (C=O) groups is 1. The van der Waals surface area contributed by atoms with Crippen molar-refractivity contribution >= 4 is 23.2 Å². The van der Waals surface area contributed by atoms with Gasteiger partial charge in [-0.15, -0.1) is 0 Å². The number of ether oxygens (including phenoxy) is 1. The van der Waals surface area contributed by atoms with Gasteiger partial charge in [0.15, 0.2) is 0 Å². The van der Waals surface area contributed by atoms with Crippen LogP contribution < -0.4 is 15.4 Å². The van der Waals surface area contributed by atoms with Gasteiger partial charge in [-0.05, 0) is 69.5 Å². The summed E-state index contributed by atoms with van der Waals surface area (Å²) in [6.07, 6.45) is 3.43. The van der Waals surface area contributed by atoms with Gasteiger partial charge in [0.25, 0.3) is 5.91 Å². The summed E-state index contributed by atoms with van der Waals surface area (Å²) in [7, 11) is 0. The Morgan fingerprint density at radius 1 is 1.12 bits per heavy atom. The lowest BCUT2D eigenvalue weighted by Gasteiger charge is -2.65. The number of amides is 1. The lowest BCUT2D eigenvalue weighted by atomic mass is 9.48. The lowest BCUT2D eigenvalue weighted by Crippen LogP contribution is -2.77. The van der Waals surface area contributed by atoms with E-state index < -0.39 is 11.1 Å². The van der Waals surface area contributed by atoms with Crippen molar-refractivity contribution in [1.82, 2.24) is 5.32 Å². The summed E-state index contributed by atoms with van der Waals surface area (Å²) < 4.78 is 6.33. The van der Waals surface area contributed by atoms with Gasteiger partial charge >= 0.3 is 0 Å². The van der Waals surface area contributed by atoms with Crippen LogP contribution in [0.15, 0.2) is 42.5 Å². The molecule has 0 heterocycles. The molecule has 0 aliphatic heterocycles. The first-order valence-corrected chi connectivity index (χ1v) is 12.1. The van der Waals surface area contributed by atoms with Crippen molar-refractivity contribution in [2.24, 2.45) is 5.41 Å². The van der Waals surface area contributed by atoms with Crippen LogP contribution in [0.1, 0.15) is 69.3 Å². The van der Waals surface area contributed by atoms with E-state index in [9.17, 15) is 4.79 Å². The van der Waals surface area contributed by atoms with Gasteiger partial charge in [0, 0.05) is 42.3 Å². The van der Waals surface area contributed by atoms with Gasteiger partial charge in [-0.3, -0.25) is 4.79 Å². The number of aliphatic hydroxyl groups excluding tert-OH is 1. The fourth-order valence-electron chi connectivity index (χ4n) is 4.58. The van der Waals surface area contributed by atoms with Crippen LogP contribution in [0.25, 0.3) is 0 Å². The molecule has 2 aromatic rings. The number of benzene rings is 2. The molecule has 7 heteroatoms. The summed E-state index contributed by atoms with van der Waals surface area (Å²) in [6.45, 7) is 9.32. The number of nitrogens with one attached hydrogen (secondary N) is 2. The Bertz CT molecular complexity index is 1060. The van der Waals surface area contributed by atoms with Crippen molar-refractivity contribution in [3.05, 3.63) is 58.6 Å². The van der Waals surface area contributed by atoms with Crippen LogP contribution >= 0.6 is 11.6 Å². The number of hydrogen-bond acceptors (Lipinski definition) is 5. The zero-order chi connectivity index (χ0) is 25.0. The van der Waals surface area contributed by atoms with E-state index in [0.717, 1.165) is 31.5 Å². The average molecular weight is 484 g/mol. The molecule has 0 aromatic heterocycles. The molecule has 0 radical (unpaired) electrons. The van der Waals surface area contributed by atoms with Crippen LogP contribution in [-0.2, 0) is 0 Å². The molecule has 1 aliphatic rings. The van der Waals surface area contributed by atoms with Gasteiger partial charge < -0.3 is 20.5 Å². The van der Waals surface area contributed by atoms with Gasteiger partial charge in [-0.25, -0.2) is 0 Å². The van der Waals surface area contributed by atoms with Crippen LogP contribution in [0.3, 0.4) is 0 Å². The SMILES string of the molecule is CC1(NC(=O)c2ccc(NCCCCCO)cc2)CC(C)(Oc2ccc(C#N)c(Cl)c2)C1(C)C. The van der Waals surface area contributed by atoms with Gasteiger partial charge in [-0.1, -0.05) is 25.4 Å². The number of rotatable bonds is 10. The number of halogens is 1. The molecule has 2 atom stereocenters. The fourth-order valence-corrected chi connectivity index (χ4v) is 4.79. The fraction of sp³-hybridized carbons (Fsp3) is 0.481. The Labute approximate surface area is 207 Å². The summed E-state index contributed by atoms with van der Waals surface area (Å²) in [4.78, 5) is 13.0. The minimum absolute atomic E-state index is 0.117. The standard InChI is InChI=1S/C27H34ClN3O3/c1-25(2)26(3,18-27(25,4)34-22-13-10-20(17-29)23(28)16-22)31-24(33)19-8-11-21(12-9-19)30-14-6-5-7-15-32/h8-13,16,30,32H,5-7,14-15,18H2,1-4H3,(H,31,33). The largest absolute Gasteiger partial charge is 0.487 e. The molecule has 0 saturated heterocycles. The molecule has 3 rings (SSSR count). The van der Waals surface area contributed by atoms with E-state index in [4.69, 9.17) is 26.7 Å². The number of hydrogen-bond donors (Lipinski definition) is 3. The maximum atomic E-state index is 13.0. The summed E-state index contributed by atoms with van der Waals surface area (Å²) in [5.41, 5.74) is 0.641. The third kappa shape index (κ3) is 5.16. The number of nitrogens with zero attached hydrogens (tertiary/aromatic N) is 1. The molecule has 2 unspecified atom stereocenters. The highest BCUT2D eigenvalue weighted by atomic mass is 35.5. The Kier molecular flexibility index (Phi) is 7.80. The second-order valence-corrected chi connectivity index (χ2v) is 10.4. The molecule has 1 aliphatic carbocycles. The van der Waals surface area contributed by atoms with Gasteiger partial charge in [-0.2, -0.15) is 5.26 Å². The summed E-state index contributed by atoms with van der Waals surface area (Å²) in [6, 6.07) is 14.6. The van der Waals surface area contributed by atoms with E-state index in [1.165, 1.54) is 0 Å². The van der Waals surface area contributed by atoms with Crippen LogP contribution in [-0.4, -0.2) is 35.3 Å². The summed E-state index contributed by atoms with van der Waals surface area (Å²) in [5, 5.41) is 24.9. The van der Waals surface area contributed by atoms with E-state index in [-0.39, 0.29) is 17.9 Å². The highest BCUT2D eigenvalue weighted by Gasteiger charge is 2.67. The molecule has 6 nitrogen and oxygen atoms in total. The number of aliphatic hydroxyl groups is 1. The Balaban J connectivity index is 1.60. The molecule has 34 heavy (non-hydrogen) atoms. The Morgan fingerprint density at radius 2 is 1.82 bits per heavy atom. The lowest BCUT2D eigenvalue weighted by molar-refractivity contribution is -0.180. The average Bonchev–Trinajstić information content (AvgIpc) is 2.79. The Hall–Kier alpha value is -2.75. The first kappa shape index (κ1) is 25.9. The summed E-state index contributed by atoms with van der Waals surface area (Å²) in [5.74, 6) is 0.487. The van der Waals surface area contributed by atoms with Gasteiger partial charge in [0.2, 0.25) is 0 Å². The first-order valence-electron chi connectivity index (χ1n) is 11.7. The number of anilines is 1. The Morgan fingerprint density at radius 3 is 2.41 bits per heavy atom. The van der Waals surface area contributed by atoms with Crippen LogP contribution in [0.2, 0.25) is 5.02 Å². The zero-order valence-corrected chi connectivity index (χ0v) is 21.1. The maximum absolute atomic E-state index is 13.0. The van der Waals surface area contributed by atoms with E-state index in [1.54, 1.807) is 18.2 Å². The van der Waals surface area contributed by atoms with Crippen molar-refractivity contribution in [3.8, 4) is 11.8 Å². The molecule has 182 valence electrons. The van der Waals surface area contributed by atoms with Crippen molar-refractivity contribution in [2.75, 3.05) is 18.5 Å². The predicted octanol–water partition coefficient (Wildman–Crippen LogP) is 5.54. The number of unbranched alkanes of at least 4 members (excludes halogenated alkanes) is 2. The first-order chi connectivity index (χ1) is 16.0. The van der Waals surface area contributed by atoms with Crippen LogP contribution in [0, 0.1) is 16.7 Å². The molecule has 3 N–H and O–H groups in total. The third-order valence-electron chi connectivity index (χ3n) is 7.50. The highest BCUT2D eigenvalue weighted by Crippen LogP contribution is 2.58. The molecule has 0 spiro atoms. The number of carbonyl (C=O) groups excluding carboxylic acids is 1. The number of nitriles is 1.